The van der Waals surface area contributed by atoms with Crippen molar-refractivity contribution in [2.24, 2.45) is 0 Å². The van der Waals surface area contributed by atoms with E-state index in [2.05, 4.69) is 21.4 Å². The Bertz CT molecular complexity index is 1450. The first-order valence-electron chi connectivity index (χ1n) is 10.3. The van der Waals surface area contributed by atoms with Gasteiger partial charge in [0, 0.05) is 35.7 Å². The minimum absolute atomic E-state index is 0.245. The number of carboxylic acid groups (broad SMARTS) is 1. The van der Waals surface area contributed by atoms with Gasteiger partial charge in [0.1, 0.15) is 35.5 Å². The van der Waals surface area contributed by atoms with Crippen LogP contribution in [0.2, 0.25) is 0 Å². The third kappa shape index (κ3) is 4.46. The maximum absolute atomic E-state index is 14.5. The van der Waals surface area contributed by atoms with E-state index in [0.717, 1.165) is 12.1 Å². The standard InChI is InChI=1S/C24H18F3N5O3/c1-35-20-7-6-18(25)22-17(20)10-16(12-28)32(22)9-8-29-21-11-19(30-13-31-21)14-2-4-15(5-3-14)24(26,27)23(33)34/h2-7,10-11,13H,8-9H2,1H3,(H,33,34)(H,29,30,31). The van der Waals surface area contributed by atoms with Gasteiger partial charge in [-0.15, -0.1) is 0 Å². The summed E-state index contributed by atoms with van der Waals surface area (Å²) in [5.74, 6) is -5.83. The second-order valence-electron chi connectivity index (χ2n) is 7.48. The zero-order valence-corrected chi connectivity index (χ0v) is 18.3. The molecule has 0 saturated carbocycles. The number of fused-ring (bicyclic) bond motifs is 1. The number of nitrogens with one attached hydrogen (secondary N) is 1. The largest absolute Gasteiger partial charge is 0.496 e. The van der Waals surface area contributed by atoms with Crippen molar-refractivity contribution in [2.45, 2.75) is 12.5 Å². The van der Waals surface area contributed by atoms with Crippen LogP contribution >= 0.6 is 0 Å². The second-order valence-corrected chi connectivity index (χ2v) is 7.48. The van der Waals surface area contributed by atoms with E-state index >= 15 is 0 Å². The fourth-order valence-electron chi connectivity index (χ4n) is 3.70. The molecule has 0 aliphatic rings. The smallest absolute Gasteiger partial charge is 0.379 e. The number of hydrogen-bond acceptors (Lipinski definition) is 6. The van der Waals surface area contributed by atoms with Gasteiger partial charge in [-0.2, -0.15) is 14.0 Å². The molecule has 35 heavy (non-hydrogen) atoms. The van der Waals surface area contributed by atoms with Gasteiger partial charge in [-0.3, -0.25) is 0 Å². The molecule has 2 aromatic heterocycles. The number of anilines is 1. The number of halogens is 3. The fourth-order valence-corrected chi connectivity index (χ4v) is 3.70. The van der Waals surface area contributed by atoms with Crippen molar-refractivity contribution < 1.29 is 27.8 Å². The number of nitriles is 1. The van der Waals surface area contributed by atoms with Gasteiger partial charge in [-0.05, 0) is 18.2 Å². The minimum atomic E-state index is -3.99. The van der Waals surface area contributed by atoms with Crippen molar-refractivity contribution in [3.05, 3.63) is 71.9 Å². The normalized spacial score (nSPS) is 11.3. The summed E-state index contributed by atoms with van der Waals surface area (Å²) < 4.78 is 48.7. The van der Waals surface area contributed by atoms with Crippen LogP contribution in [0.15, 0.2) is 54.9 Å². The van der Waals surface area contributed by atoms with Crippen LogP contribution in [-0.4, -0.2) is 39.3 Å². The van der Waals surface area contributed by atoms with Gasteiger partial charge in [-0.1, -0.05) is 24.3 Å². The van der Waals surface area contributed by atoms with Crippen molar-refractivity contribution in [1.82, 2.24) is 14.5 Å². The van der Waals surface area contributed by atoms with Crippen molar-refractivity contribution in [1.29, 1.82) is 5.26 Å². The molecule has 2 N–H and O–H groups in total. The van der Waals surface area contributed by atoms with Crippen LogP contribution in [0, 0.1) is 17.1 Å². The number of carboxylic acids is 1. The van der Waals surface area contributed by atoms with Crippen LogP contribution in [0.25, 0.3) is 22.2 Å². The maximum Gasteiger partial charge on any atom is 0.379 e. The lowest BCUT2D eigenvalue weighted by atomic mass is 10.0. The zero-order chi connectivity index (χ0) is 25.2. The second kappa shape index (κ2) is 9.34. The third-order valence-electron chi connectivity index (χ3n) is 5.42. The highest BCUT2D eigenvalue weighted by Crippen LogP contribution is 2.32. The summed E-state index contributed by atoms with van der Waals surface area (Å²) >= 11 is 0. The van der Waals surface area contributed by atoms with Crippen molar-refractivity contribution in [3.63, 3.8) is 0 Å². The SMILES string of the molecule is COc1ccc(F)c2c1cc(C#N)n2CCNc1cc(-c2ccc(C(F)(F)C(=O)O)cc2)ncn1. The molecule has 0 aliphatic carbocycles. The Morgan fingerprint density at radius 3 is 2.60 bits per heavy atom. The lowest BCUT2D eigenvalue weighted by molar-refractivity contribution is -0.166. The monoisotopic (exact) mass is 481 g/mol. The molecule has 4 aromatic rings. The maximum atomic E-state index is 14.5. The molecule has 0 radical (unpaired) electrons. The quantitative estimate of drug-likeness (QED) is 0.383. The Kier molecular flexibility index (Phi) is 6.29. The number of ether oxygens (including phenoxy) is 1. The Hall–Kier alpha value is -4.59. The Labute approximate surface area is 197 Å². The molecule has 11 heteroatoms. The molecule has 0 saturated heterocycles. The molecule has 0 atom stereocenters. The topological polar surface area (TPSA) is 113 Å². The Morgan fingerprint density at radius 2 is 1.94 bits per heavy atom. The number of benzene rings is 2. The predicted octanol–water partition coefficient (Wildman–Crippen LogP) is 4.41. The number of hydrogen-bond donors (Lipinski definition) is 2. The molecule has 0 unspecified atom stereocenters. The molecule has 8 nitrogen and oxygen atoms in total. The van der Waals surface area contributed by atoms with E-state index in [4.69, 9.17) is 9.84 Å². The van der Waals surface area contributed by atoms with Crippen molar-refractivity contribution in [3.8, 4) is 23.1 Å². The molecule has 0 spiro atoms. The molecule has 0 bridgehead atoms. The van der Waals surface area contributed by atoms with Gasteiger partial charge in [-0.25, -0.2) is 19.2 Å². The zero-order valence-electron chi connectivity index (χ0n) is 18.3. The number of rotatable bonds is 8. The number of aromatic nitrogens is 3. The van der Waals surface area contributed by atoms with Crippen molar-refractivity contribution in [2.75, 3.05) is 19.0 Å². The lowest BCUT2D eigenvalue weighted by Gasteiger charge is -2.12. The van der Waals surface area contributed by atoms with Crippen LogP contribution in [-0.2, 0) is 17.3 Å². The van der Waals surface area contributed by atoms with Crippen LogP contribution in [0.5, 0.6) is 5.75 Å². The summed E-state index contributed by atoms with van der Waals surface area (Å²) in [6.07, 6.45) is 1.29. The van der Waals surface area contributed by atoms with Crippen LogP contribution in [0.1, 0.15) is 11.3 Å². The first kappa shape index (κ1) is 23.6. The van der Waals surface area contributed by atoms with Crippen LogP contribution in [0.4, 0.5) is 19.0 Å². The summed E-state index contributed by atoms with van der Waals surface area (Å²) in [6.45, 7) is 0.532. The molecular formula is C24H18F3N5O3. The van der Waals surface area contributed by atoms with E-state index in [0.29, 0.717) is 28.2 Å². The van der Waals surface area contributed by atoms with Gasteiger partial charge in [0.2, 0.25) is 0 Å². The van der Waals surface area contributed by atoms with E-state index in [1.807, 2.05) is 0 Å². The predicted molar refractivity (Wildman–Crippen MR) is 121 cm³/mol. The first-order chi connectivity index (χ1) is 16.8. The third-order valence-corrected chi connectivity index (χ3v) is 5.42. The molecule has 0 aliphatic heterocycles. The van der Waals surface area contributed by atoms with E-state index < -0.39 is 23.3 Å². The van der Waals surface area contributed by atoms with Gasteiger partial charge in [0.05, 0.1) is 18.3 Å². The van der Waals surface area contributed by atoms with Crippen LogP contribution in [0.3, 0.4) is 0 Å². The number of carbonyl (C=O) groups is 1. The number of nitrogens with zero attached hydrogens (tertiary/aromatic N) is 4. The summed E-state index contributed by atoms with van der Waals surface area (Å²) in [5, 5.41) is 21.7. The average Bonchev–Trinajstić information content (AvgIpc) is 3.24. The summed E-state index contributed by atoms with van der Waals surface area (Å²) in [5.41, 5.74) is 0.791. The summed E-state index contributed by atoms with van der Waals surface area (Å²) in [7, 11) is 1.47. The summed E-state index contributed by atoms with van der Waals surface area (Å²) in [6, 6.07) is 12.8. The number of aliphatic carboxylic acids is 1. The average molecular weight is 481 g/mol. The van der Waals surface area contributed by atoms with E-state index in [1.54, 1.807) is 16.7 Å². The highest BCUT2D eigenvalue weighted by Gasteiger charge is 2.40. The Morgan fingerprint density at radius 1 is 1.20 bits per heavy atom. The highest BCUT2D eigenvalue weighted by atomic mass is 19.3. The van der Waals surface area contributed by atoms with Crippen LogP contribution < -0.4 is 10.1 Å². The van der Waals surface area contributed by atoms with Gasteiger partial charge in [0.25, 0.3) is 0 Å². The Balaban J connectivity index is 1.52. The summed E-state index contributed by atoms with van der Waals surface area (Å²) in [4.78, 5) is 19.0. The van der Waals surface area contributed by atoms with E-state index in [1.165, 1.54) is 37.7 Å². The van der Waals surface area contributed by atoms with Gasteiger partial charge < -0.3 is 19.7 Å². The molecule has 2 heterocycles. The molecule has 0 fully saturated rings. The van der Waals surface area contributed by atoms with E-state index in [-0.39, 0.29) is 24.3 Å². The van der Waals surface area contributed by atoms with Crippen molar-refractivity contribution >= 4 is 22.7 Å². The number of methoxy groups -OCH3 is 1. The molecule has 2 aromatic carbocycles. The van der Waals surface area contributed by atoms with Gasteiger partial charge in [0.15, 0.2) is 0 Å². The molecule has 178 valence electrons. The molecule has 0 amide bonds. The van der Waals surface area contributed by atoms with Gasteiger partial charge >= 0.3 is 11.9 Å². The lowest BCUT2D eigenvalue weighted by Crippen LogP contribution is -2.25. The number of alkyl halides is 2. The van der Waals surface area contributed by atoms with E-state index in [9.17, 15) is 23.2 Å². The highest BCUT2D eigenvalue weighted by molar-refractivity contribution is 5.88. The first-order valence-corrected chi connectivity index (χ1v) is 10.3. The molecule has 4 rings (SSSR count). The minimum Gasteiger partial charge on any atom is -0.496 e. The fraction of sp³-hybridized carbons (Fsp3) is 0.167. The molecular weight excluding hydrogens is 463 g/mol.